The number of nitriles is 1. The predicted molar refractivity (Wildman–Crippen MR) is 83.6 cm³/mol. The summed E-state index contributed by atoms with van der Waals surface area (Å²) in [4.78, 5) is 21.2. The number of hydrogen-bond acceptors (Lipinski definition) is 5. The Kier molecular flexibility index (Phi) is 3.12. The van der Waals surface area contributed by atoms with Crippen LogP contribution in [-0.2, 0) is 13.0 Å². The van der Waals surface area contributed by atoms with E-state index >= 15 is 0 Å². The monoisotopic (exact) mass is 303 g/mol. The van der Waals surface area contributed by atoms with Crippen molar-refractivity contribution in [2.45, 2.75) is 25.8 Å². The van der Waals surface area contributed by atoms with E-state index in [-0.39, 0.29) is 5.78 Å². The van der Waals surface area contributed by atoms with E-state index in [4.69, 9.17) is 5.26 Å². The Hall–Kier alpha value is -3.07. The summed E-state index contributed by atoms with van der Waals surface area (Å²) >= 11 is 0. The number of hydrogen-bond donors (Lipinski definition) is 0. The van der Waals surface area contributed by atoms with Gasteiger partial charge in [-0.25, -0.2) is 4.98 Å². The molecule has 0 amide bonds. The molecule has 0 unspecified atom stereocenters. The van der Waals surface area contributed by atoms with Gasteiger partial charge in [0.1, 0.15) is 11.4 Å². The fourth-order valence-electron chi connectivity index (χ4n) is 2.99. The lowest BCUT2D eigenvalue weighted by molar-refractivity contribution is 0.0995. The molecule has 0 aliphatic heterocycles. The smallest absolute Gasteiger partial charge is 0.167 e. The summed E-state index contributed by atoms with van der Waals surface area (Å²) in [6, 6.07) is 9.72. The van der Waals surface area contributed by atoms with Crippen molar-refractivity contribution in [1.29, 1.82) is 5.26 Å². The Balaban J connectivity index is 1.87. The van der Waals surface area contributed by atoms with E-state index < -0.39 is 0 Å². The zero-order valence-corrected chi connectivity index (χ0v) is 12.4. The molecule has 112 valence electrons. The van der Waals surface area contributed by atoms with Crippen LogP contribution in [0.25, 0.3) is 22.4 Å². The van der Waals surface area contributed by atoms with Gasteiger partial charge in [0.05, 0.1) is 47.5 Å². The molecular formula is C17H13N5O. The maximum absolute atomic E-state index is 12.2. The molecule has 6 nitrogen and oxygen atoms in total. The summed E-state index contributed by atoms with van der Waals surface area (Å²) in [5.74, 6) is 0.0909. The maximum atomic E-state index is 12.2. The molecule has 3 aromatic rings. The van der Waals surface area contributed by atoms with Crippen LogP contribution in [0, 0.1) is 11.3 Å². The highest BCUT2D eigenvalue weighted by Gasteiger charge is 2.30. The number of nitrogens with zero attached hydrogens (tertiary/aromatic N) is 5. The highest BCUT2D eigenvalue weighted by atomic mass is 16.1. The first-order valence-electron chi connectivity index (χ1n) is 7.50. The molecule has 0 bridgehead atoms. The van der Waals surface area contributed by atoms with Gasteiger partial charge >= 0.3 is 0 Å². The third-order valence-corrected chi connectivity index (χ3v) is 4.05. The predicted octanol–water partition coefficient (Wildman–Crippen LogP) is 2.54. The maximum Gasteiger partial charge on any atom is 0.167 e. The fraction of sp³-hybridized carbons (Fsp3) is 0.235. The van der Waals surface area contributed by atoms with Crippen molar-refractivity contribution < 1.29 is 4.79 Å². The highest BCUT2D eigenvalue weighted by molar-refractivity contribution is 6.05. The lowest BCUT2D eigenvalue weighted by Gasteiger charge is -2.02. The minimum atomic E-state index is 0.0909. The Morgan fingerprint density at radius 3 is 2.87 bits per heavy atom. The number of aromatic nitrogens is 4. The summed E-state index contributed by atoms with van der Waals surface area (Å²) in [6.07, 6.45) is 3.19. The van der Waals surface area contributed by atoms with Crippen molar-refractivity contribution >= 4 is 16.8 Å². The molecule has 0 saturated carbocycles. The SMILES string of the molecule is N#CCCn1nc(-c2cnc3ccccc3n2)c2c1CCC2=O. The molecule has 6 heteroatoms. The van der Waals surface area contributed by atoms with Crippen LogP contribution in [0.2, 0.25) is 0 Å². The number of Topliss-reactive ketones (excluding diaryl/α,β-unsaturated/α-hetero) is 1. The average molecular weight is 303 g/mol. The highest BCUT2D eigenvalue weighted by Crippen LogP contribution is 2.31. The average Bonchev–Trinajstić information content (AvgIpc) is 3.14. The molecule has 4 rings (SSSR count). The van der Waals surface area contributed by atoms with Crippen molar-refractivity contribution in [2.75, 3.05) is 0 Å². The fourth-order valence-corrected chi connectivity index (χ4v) is 2.99. The van der Waals surface area contributed by atoms with Crippen molar-refractivity contribution in [3.63, 3.8) is 0 Å². The van der Waals surface area contributed by atoms with Gasteiger partial charge in [0.2, 0.25) is 0 Å². The molecule has 1 aliphatic carbocycles. The first-order chi connectivity index (χ1) is 11.3. The van der Waals surface area contributed by atoms with Gasteiger partial charge in [-0.3, -0.25) is 14.5 Å². The molecule has 0 N–H and O–H groups in total. The molecule has 2 heterocycles. The van der Waals surface area contributed by atoms with E-state index in [0.717, 1.165) is 16.7 Å². The molecule has 0 spiro atoms. The number of ketones is 1. The summed E-state index contributed by atoms with van der Waals surface area (Å²) in [7, 11) is 0. The Morgan fingerprint density at radius 2 is 2.04 bits per heavy atom. The molecule has 1 aliphatic rings. The van der Waals surface area contributed by atoms with E-state index in [1.807, 2.05) is 24.3 Å². The summed E-state index contributed by atoms with van der Waals surface area (Å²) in [5, 5.41) is 13.3. The first kappa shape index (κ1) is 13.6. The van der Waals surface area contributed by atoms with Gasteiger partial charge in [0.25, 0.3) is 0 Å². The van der Waals surface area contributed by atoms with Crippen LogP contribution in [-0.4, -0.2) is 25.5 Å². The van der Waals surface area contributed by atoms with Gasteiger partial charge in [-0.2, -0.15) is 10.4 Å². The Morgan fingerprint density at radius 1 is 1.22 bits per heavy atom. The van der Waals surface area contributed by atoms with Crippen molar-refractivity contribution in [2.24, 2.45) is 0 Å². The molecule has 23 heavy (non-hydrogen) atoms. The largest absolute Gasteiger partial charge is 0.294 e. The zero-order valence-electron chi connectivity index (χ0n) is 12.4. The topological polar surface area (TPSA) is 84.5 Å². The van der Waals surface area contributed by atoms with Crippen molar-refractivity contribution in [3.8, 4) is 17.5 Å². The normalized spacial score (nSPS) is 13.3. The number of para-hydroxylation sites is 2. The van der Waals surface area contributed by atoms with E-state index in [0.29, 0.717) is 42.8 Å². The minimum absolute atomic E-state index is 0.0909. The molecular weight excluding hydrogens is 290 g/mol. The molecule has 0 saturated heterocycles. The molecule has 0 radical (unpaired) electrons. The van der Waals surface area contributed by atoms with Crippen LogP contribution in [0.1, 0.15) is 28.9 Å². The standard InChI is InChI=1S/C17H13N5O/c18-8-3-9-22-14-6-7-15(23)16(14)17(21-22)13-10-19-11-4-1-2-5-12(11)20-13/h1-2,4-5,10H,3,6-7,9H2. The van der Waals surface area contributed by atoms with Gasteiger partial charge in [0.15, 0.2) is 5.78 Å². The second-order valence-electron chi connectivity index (χ2n) is 5.47. The van der Waals surface area contributed by atoms with Crippen LogP contribution >= 0.6 is 0 Å². The number of carbonyl (C=O) groups excluding carboxylic acids is 1. The summed E-state index contributed by atoms with van der Waals surface area (Å²) in [5.41, 5.74) is 4.33. The Labute approximate surface area is 132 Å². The summed E-state index contributed by atoms with van der Waals surface area (Å²) in [6.45, 7) is 0.493. The van der Waals surface area contributed by atoms with Gasteiger partial charge in [-0.15, -0.1) is 0 Å². The number of fused-ring (bicyclic) bond motifs is 2. The number of carbonyl (C=O) groups is 1. The number of benzene rings is 1. The van der Waals surface area contributed by atoms with Crippen LogP contribution in [0.3, 0.4) is 0 Å². The van der Waals surface area contributed by atoms with Gasteiger partial charge in [-0.1, -0.05) is 12.1 Å². The van der Waals surface area contributed by atoms with E-state index in [2.05, 4.69) is 21.1 Å². The number of rotatable bonds is 3. The molecule has 2 aromatic heterocycles. The second kappa shape index (κ2) is 5.29. The molecule has 1 aromatic carbocycles. The number of aryl methyl sites for hydroxylation is 1. The van der Waals surface area contributed by atoms with Crippen molar-refractivity contribution in [1.82, 2.24) is 19.7 Å². The van der Waals surface area contributed by atoms with Gasteiger partial charge in [-0.05, 0) is 18.6 Å². The second-order valence-corrected chi connectivity index (χ2v) is 5.47. The van der Waals surface area contributed by atoms with E-state index in [1.165, 1.54) is 0 Å². The zero-order chi connectivity index (χ0) is 15.8. The van der Waals surface area contributed by atoms with Gasteiger partial charge < -0.3 is 0 Å². The quantitative estimate of drug-likeness (QED) is 0.742. The summed E-state index contributed by atoms with van der Waals surface area (Å²) < 4.78 is 1.77. The van der Waals surface area contributed by atoms with Crippen LogP contribution in [0.5, 0.6) is 0 Å². The Bertz CT molecular complexity index is 967. The van der Waals surface area contributed by atoms with E-state index in [1.54, 1.807) is 10.9 Å². The third-order valence-electron chi connectivity index (χ3n) is 4.05. The van der Waals surface area contributed by atoms with Crippen LogP contribution < -0.4 is 0 Å². The molecule has 0 atom stereocenters. The van der Waals surface area contributed by atoms with Crippen LogP contribution in [0.15, 0.2) is 30.5 Å². The van der Waals surface area contributed by atoms with Crippen molar-refractivity contribution in [3.05, 3.63) is 41.7 Å². The molecule has 0 fully saturated rings. The lowest BCUT2D eigenvalue weighted by atomic mass is 10.1. The first-order valence-corrected chi connectivity index (χ1v) is 7.50. The minimum Gasteiger partial charge on any atom is -0.294 e. The lowest BCUT2D eigenvalue weighted by Crippen LogP contribution is -2.04. The van der Waals surface area contributed by atoms with Gasteiger partial charge in [0, 0.05) is 6.42 Å². The van der Waals surface area contributed by atoms with Crippen LogP contribution in [0.4, 0.5) is 0 Å². The third kappa shape index (κ3) is 2.18. The van der Waals surface area contributed by atoms with E-state index in [9.17, 15) is 4.79 Å².